The molecule has 0 aromatic rings. The van der Waals surface area contributed by atoms with Crippen molar-refractivity contribution in [2.45, 2.75) is 83.2 Å². The zero-order valence-corrected chi connectivity index (χ0v) is 13.3. The average molecular weight is 278 g/mol. The SMILES string of the molecule is CC(CCCCN)C1CCC2C3CCCCC3N[C@@H]2C1. The van der Waals surface area contributed by atoms with Crippen LogP contribution in [0.2, 0.25) is 0 Å². The van der Waals surface area contributed by atoms with E-state index in [0.717, 1.165) is 42.3 Å². The zero-order valence-electron chi connectivity index (χ0n) is 13.3. The minimum Gasteiger partial charge on any atom is -0.330 e. The van der Waals surface area contributed by atoms with Crippen LogP contribution in [0, 0.1) is 23.7 Å². The van der Waals surface area contributed by atoms with Crippen LogP contribution in [0.25, 0.3) is 0 Å². The predicted octanol–water partition coefficient (Wildman–Crippen LogP) is 3.70. The van der Waals surface area contributed by atoms with Crippen molar-refractivity contribution in [1.82, 2.24) is 5.32 Å². The molecule has 1 heterocycles. The molecule has 2 nitrogen and oxygen atoms in total. The molecule has 2 saturated carbocycles. The van der Waals surface area contributed by atoms with E-state index in [4.69, 9.17) is 5.73 Å². The third-order valence-electron chi connectivity index (χ3n) is 6.66. The molecular formula is C18H34N2. The number of unbranched alkanes of at least 4 members (excludes halogenated alkanes) is 1. The van der Waals surface area contributed by atoms with E-state index in [1.807, 2.05) is 0 Å². The molecule has 0 aromatic heterocycles. The lowest BCUT2D eigenvalue weighted by atomic mass is 9.68. The molecule has 0 aromatic carbocycles. The van der Waals surface area contributed by atoms with Gasteiger partial charge < -0.3 is 11.1 Å². The Hall–Kier alpha value is -0.0800. The van der Waals surface area contributed by atoms with Crippen molar-refractivity contribution in [2.75, 3.05) is 6.54 Å². The van der Waals surface area contributed by atoms with Gasteiger partial charge >= 0.3 is 0 Å². The number of hydrogen-bond donors (Lipinski definition) is 2. The third-order valence-corrected chi connectivity index (χ3v) is 6.66. The maximum atomic E-state index is 5.62. The third kappa shape index (κ3) is 3.06. The summed E-state index contributed by atoms with van der Waals surface area (Å²) in [6.07, 6.45) is 14.3. The first kappa shape index (κ1) is 14.8. The fraction of sp³-hybridized carbons (Fsp3) is 1.00. The van der Waals surface area contributed by atoms with Crippen LogP contribution >= 0.6 is 0 Å². The van der Waals surface area contributed by atoms with Crippen LogP contribution < -0.4 is 11.1 Å². The van der Waals surface area contributed by atoms with Crippen LogP contribution in [0.15, 0.2) is 0 Å². The predicted molar refractivity (Wildman–Crippen MR) is 85.6 cm³/mol. The van der Waals surface area contributed by atoms with Gasteiger partial charge in [-0.15, -0.1) is 0 Å². The highest BCUT2D eigenvalue weighted by Gasteiger charge is 2.46. The second kappa shape index (κ2) is 6.79. The Morgan fingerprint density at radius 1 is 1.00 bits per heavy atom. The Balaban J connectivity index is 1.51. The molecule has 0 radical (unpaired) electrons. The fourth-order valence-electron chi connectivity index (χ4n) is 5.45. The van der Waals surface area contributed by atoms with Crippen LogP contribution in [0.4, 0.5) is 0 Å². The molecule has 3 N–H and O–H groups in total. The lowest BCUT2D eigenvalue weighted by Gasteiger charge is -2.37. The summed E-state index contributed by atoms with van der Waals surface area (Å²) in [5.74, 6) is 3.93. The molecule has 2 heteroatoms. The van der Waals surface area contributed by atoms with E-state index < -0.39 is 0 Å². The van der Waals surface area contributed by atoms with Crippen molar-refractivity contribution in [3.8, 4) is 0 Å². The second-order valence-corrected chi connectivity index (χ2v) is 7.83. The van der Waals surface area contributed by atoms with Gasteiger partial charge in [-0.2, -0.15) is 0 Å². The number of fused-ring (bicyclic) bond motifs is 3. The molecule has 20 heavy (non-hydrogen) atoms. The zero-order chi connectivity index (χ0) is 13.9. The van der Waals surface area contributed by atoms with Gasteiger partial charge in [-0.1, -0.05) is 32.6 Å². The van der Waals surface area contributed by atoms with Crippen LogP contribution in [-0.4, -0.2) is 18.6 Å². The molecule has 1 saturated heterocycles. The van der Waals surface area contributed by atoms with E-state index >= 15 is 0 Å². The summed E-state index contributed by atoms with van der Waals surface area (Å²) in [6, 6.07) is 1.74. The second-order valence-electron chi connectivity index (χ2n) is 7.83. The van der Waals surface area contributed by atoms with Crippen molar-refractivity contribution < 1.29 is 0 Å². The van der Waals surface area contributed by atoms with Gasteiger partial charge in [0.05, 0.1) is 0 Å². The quantitative estimate of drug-likeness (QED) is 0.753. The standard InChI is InChI=1S/C18H34N2/c1-13(6-4-5-11-19)14-9-10-16-15-7-2-3-8-17(15)20-18(16)12-14/h13-18,20H,2-12,19H2,1H3/t13?,14?,15?,16?,17?,18-/m1/s1. The van der Waals surface area contributed by atoms with Crippen LogP contribution in [0.1, 0.15) is 71.1 Å². The van der Waals surface area contributed by atoms with Gasteiger partial charge in [0.15, 0.2) is 0 Å². The van der Waals surface area contributed by atoms with Crippen LogP contribution in [0.5, 0.6) is 0 Å². The Morgan fingerprint density at radius 2 is 1.80 bits per heavy atom. The normalized spacial score (nSPS) is 42.0. The van der Waals surface area contributed by atoms with Crippen LogP contribution in [-0.2, 0) is 0 Å². The minimum absolute atomic E-state index is 0.860. The van der Waals surface area contributed by atoms with E-state index in [0.29, 0.717) is 0 Å². The number of nitrogens with one attached hydrogen (secondary N) is 1. The number of nitrogens with two attached hydrogens (primary N) is 1. The van der Waals surface area contributed by atoms with Gasteiger partial charge in [0.25, 0.3) is 0 Å². The molecule has 3 aliphatic rings. The largest absolute Gasteiger partial charge is 0.330 e. The smallest absolute Gasteiger partial charge is 0.0104 e. The van der Waals surface area contributed by atoms with Crippen molar-refractivity contribution in [2.24, 2.45) is 29.4 Å². The van der Waals surface area contributed by atoms with E-state index in [1.54, 1.807) is 0 Å². The van der Waals surface area contributed by atoms with Crippen molar-refractivity contribution in [3.63, 3.8) is 0 Å². The van der Waals surface area contributed by atoms with Gasteiger partial charge in [0.1, 0.15) is 0 Å². The molecule has 0 bridgehead atoms. The first-order chi connectivity index (χ1) is 9.79. The van der Waals surface area contributed by atoms with E-state index in [9.17, 15) is 0 Å². The Bertz CT molecular complexity index is 304. The van der Waals surface area contributed by atoms with Gasteiger partial charge in [-0.3, -0.25) is 0 Å². The Labute approximate surface area is 125 Å². The number of hydrogen-bond acceptors (Lipinski definition) is 2. The molecule has 0 spiro atoms. The maximum Gasteiger partial charge on any atom is 0.0104 e. The molecule has 116 valence electrons. The summed E-state index contributed by atoms with van der Waals surface area (Å²) in [6.45, 7) is 3.36. The molecule has 3 fully saturated rings. The Kier molecular flexibility index (Phi) is 5.04. The van der Waals surface area contributed by atoms with Gasteiger partial charge in [-0.05, 0) is 68.7 Å². The van der Waals surface area contributed by atoms with Crippen LogP contribution in [0.3, 0.4) is 0 Å². The first-order valence-electron chi connectivity index (χ1n) is 9.25. The lowest BCUT2D eigenvalue weighted by molar-refractivity contribution is 0.158. The fourth-order valence-corrected chi connectivity index (χ4v) is 5.45. The monoisotopic (exact) mass is 278 g/mol. The summed E-state index contributed by atoms with van der Waals surface area (Å²) in [5.41, 5.74) is 5.62. The summed E-state index contributed by atoms with van der Waals surface area (Å²) in [7, 11) is 0. The topological polar surface area (TPSA) is 38.0 Å². The average Bonchev–Trinajstić information content (AvgIpc) is 2.85. The molecular weight excluding hydrogens is 244 g/mol. The van der Waals surface area contributed by atoms with Crippen molar-refractivity contribution >= 4 is 0 Å². The highest BCUT2D eigenvalue weighted by Crippen LogP contribution is 2.46. The molecule has 1 aliphatic heterocycles. The minimum atomic E-state index is 0.860. The van der Waals surface area contributed by atoms with Crippen molar-refractivity contribution in [3.05, 3.63) is 0 Å². The van der Waals surface area contributed by atoms with Gasteiger partial charge in [0.2, 0.25) is 0 Å². The highest BCUT2D eigenvalue weighted by molar-refractivity contribution is 5.02. The summed E-state index contributed by atoms with van der Waals surface area (Å²) in [5, 5.41) is 4.03. The molecule has 5 unspecified atom stereocenters. The molecule has 3 rings (SSSR count). The van der Waals surface area contributed by atoms with E-state index in [2.05, 4.69) is 12.2 Å². The van der Waals surface area contributed by atoms with E-state index in [-0.39, 0.29) is 0 Å². The highest BCUT2D eigenvalue weighted by atomic mass is 15.0. The van der Waals surface area contributed by atoms with E-state index in [1.165, 1.54) is 64.2 Å². The van der Waals surface area contributed by atoms with Crippen molar-refractivity contribution in [1.29, 1.82) is 0 Å². The first-order valence-corrected chi connectivity index (χ1v) is 9.25. The van der Waals surface area contributed by atoms with Gasteiger partial charge in [0, 0.05) is 12.1 Å². The lowest BCUT2D eigenvalue weighted by Crippen LogP contribution is -2.37. The molecule has 0 amide bonds. The molecule has 6 atom stereocenters. The maximum absolute atomic E-state index is 5.62. The summed E-state index contributed by atoms with van der Waals surface area (Å²) in [4.78, 5) is 0. The Morgan fingerprint density at radius 3 is 2.65 bits per heavy atom. The van der Waals surface area contributed by atoms with Gasteiger partial charge in [-0.25, -0.2) is 0 Å². The molecule has 2 aliphatic carbocycles. The number of rotatable bonds is 5. The summed E-state index contributed by atoms with van der Waals surface area (Å²) < 4.78 is 0. The summed E-state index contributed by atoms with van der Waals surface area (Å²) >= 11 is 0.